The van der Waals surface area contributed by atoms with E-state index in [9.17, 15) is 0 Å². The van der Waals surface area contributed by atoms with Gasteiger partial charge in [0.05, 0.1) is 11.6 Å². The third-order valence-electron chi connectivity index (χ3n) is 3.23. The second-order valence-corrected chi connectivity index (χ2v) is 5.48. The molecule has 0 spiro atoms. The first-order valence-corrected chi connectivity index (χ1v) is 7.06. The van der Waals surface area contributed by atoms with Crippen LogP contribution in [-0.2, 0) is 6.42 Å². The molecule has 0 bridgehead atoms. The number of aromatic nitrogens is 4. The van der Waals surface area contributed by atoms with Gasteiger partial charge in [0.2, 0.25) is 0 Å². The van der Waals surface area contributed by atoms with Crippen molar-refractivity contribution in [1.29, 1.82) is 0 Å². The number of nitrogens with one attached hydrogen (secondary N) is 1. The number of nitrogens with zero attached hydrogens (tertiary/aromatic N) is 3. The summed E-state index contributed by atoms with van der Waals surface area (Å²) in [6.45, 7) is 4.20. The molecule has 5 heteroatoms. The standard InChI is InChI=1S/C15H16N4S/c1-10(2)19-14-12(9-16-19)15(20)18-13(17-14)8-11-6-4-3-5-7-11/h3-7,9-10H,8H2,1-2H3,(H,17,18,20). The maximum Gasteiger partial charge on any atom is 0.140 e. The Hall–Kier alpha value is -2.01. The Morgan fingerprint density at radius 2 is 2.00 bits per heavy atom. The quantitative estimate of drug-likeness (QED) is 0.747. The molecule has 102 valence electrons. The van der Waals surface area contributed by atoms with Gasteiger partial charge in [0.1, 0.15) is 16.1 Å². The molecule has 1 N–H and O–H groups in total. The van der Waals surface area contributed by atoms with Crippen LogP contribution in [0, 0.1) is 4.64 Å². The number of H-pyrrole nitrogens is 1. The topological polar surface area (TPSA) is 46.5 Å². The fourth-order valence-electron chi connectivity index (χ4n) is 2.26. The average Bonchev–Trinajstić information content (AvgIpc) is 2.84. The van der Waals surface area contributed by atoms with Crippen LogP contribution in [0.3, 0.4) is 0 Å². The maximum absolute atomic E-state index is 5.37. The summed E-state index contributed by atoms with van der Waals surface area (Å²) in [6.07, 6.45) is 2.52. The van der Waals surface area contributed by atoms with Crippen LogP contribution in [0.25, 0.3) is 11.0 Å². The highest BCUT2D eigenvalue weighted by Crippen LogP contribution is 2.17. The summed E-state index contributed by atoms with van der Waals surface area (Å²) >= 11 is 5.37. The van der Waals surface area contributed by atoms with Crippen LogP contribution in [0.2, 0.25) is 0 Å². The van der Waals surface area contributed by atoms with E-state index in [2.05, 4.69) is 41.0 Å². The smallest absolute Gasteiger partial charge is 0.140 e. The second-order valence-electron chi connectivity index (χ2n) is 5.10. The van der Waals surface area contributed by atoms with Crippen LogP contribution < -0.4 is 0 Å². The van der Waals surface area contributed by atoms with Gasteiger partial charge in [-0.1, -0.05) is 42.5 Å². The number of rotatable bonds is 3. The first-order valence-electron chi connectivity index (χ1n) is 6.65. The Morgan fingerprint density at radius 3 is 2.70 bits per heavy atom. The highest BCUT2D eigenvalue weighted by atomic mass is 32.1. The Bertz CT molecular complexity index is 786. The predicted molar refractivity (Wildman–Crippen MR) is 82.3 cm³/mol. The number of benzene rings is 1. The van der Waals surface area contributed by atoms with E-state index in [1.165, 1.54) is 5.56 Å². The zero-order chi connectivity index (χ0) is 14.1. The molecule has 0 unspecified atom stereocenters. The number of aromatic amines is 1. The molecule has 2 aromatic heterocycles. The predicted octanol–water partition coefficient (Wildman–Crippen LogP) is 3.66. The van der Waals surface area contributed by atoms with Gasteiger partial charge in [-0.15, -0.1) is 0 Å². The maximum atomic E-state index is 5.37. The minimum atomic E-state index is 0.283. The van der Waals surface area contributed by atoms with E-state index in [-0.39, 0.29) is 6.04 Å². The molecule has 0 saturated heterocycles. The summed E-state index contributed by atoms with van der Waals surface area (Å²) in [5, 5.41) is 5.29. The minimum Gasteiger partial charge on any atom is -0.328 e. The largest absolute Gasteiger partial charge is 0.328 e. The monoisotopic (exact) mass is 284 g/mol. The van der Waals surface area contributed by atoms with Crippen LogP contribution in [0.1, 0.15) is 31.3 Å². The SMILES string of the molecule is CC(C)n1ncc2c(=S)nc(Cc3ccccc3)[nH]c21. The molecule has 0 aliphatic rings. The number of fused-ring (bicyclic) bond motifs is 1. The Kier molecular flexibility index (Phi) is 3.36. The summed E-state index contributed by atoms with van der Waals surface area (Å²) < 4.78 is 2.55. The van der Waals surface area contributed by atoms with Gasteiger partial charge < -0.3 is 4.98 Å². The van der Waals surface area contributed by atoms with Gasteiger partial charge in [0.25, 0.3) is 0 Å². The van der Waals surface area contributed by atoms with E-state index in [4.69, 9.17) is 12.2 Å². The van der Waals surface area contributed by atoms with E-state index in [1.54, 1.807) is 6.20 Å². The fraction of sp³-hybridized carbons (Fsp3) is 0.267. The lowest BCUT2D eigenvalue weighted by molar-refractivity contribution is 0.545. The van der Waals surface area contributed by atoms with E-state index in [1.807, 2.05) is 22.9 Å². The van der Waals surface area contributed by atoms with Crippen LogP contribution in [-0.4, -0.2) is 19.7 Å². The van der Waals surface area contributed by atoms with E-state index in [0.29, 0.717) is 4.64 Å². The molecule has 3 aromatic rings. The molecule has 0 aliphatic carbocycles. The summed E-state index contributed by atoms with van der Waals surface area (Å²) in [7, 11) is 0. The van der Waals surface area contributed by atoms with E-state index in [0.717, 1.165) is 23.3 Å². The van der Waals surface area contributed by atoms with Gasteiger partial charge in [0, 0.05) is 12.5 Å². The van der Waals surface area contributed by atoms with Crippen LogP contribution in [0.5, 0.6) is 0 Å². The highest BCUT2D eigenvalue weighted by molar-refractivity contribution is 7.71. The lowest BCUT2D eigenvalue weighted by Gasteiger charge is -2.08. The van der Waals surface area contributed by atoms with Gasteiger partial charge in [-0.05, 0) is 19.4 Å². The van der Waals surface area contributed by atoms with Crippen LogP contribution >= 0.6 is 12.2 Å². The third-order valence-corrected chi connectivity index (χ3v) is 3.54. The summed E-state index contributed by atoms with van der Waals surface area (Å²) in [5.74, 6) is 0.871. The summed E-state index contributed by atoms with van der Waals surface area (Å²) in [5.41, 5.74) is 2.16. The molecule has 20 heavy (non-hydrogen) atoms. The lowest BCUT2D eigenvalue weighted by Crippen LogP contribution is -2.05. The van der Waals surface area contributed by atoms with Crippen molar-refractivity contribution in [2.24, 2.45) is 0 Å². The van der Waals surface area contributed by atoms with E-state index >= 15 is 0 Å². The first-order chi connectivity index (χ1) is 9.65. The van der Waals surface area contributed by atoms with E-state index < -0.39 is 0 Å². The molecular formula is C15H16N4S. The van der Waals surface area contributed by atoms with Crippen molar-refractivity contribution in [2.45, 2.75) is 26.3 Å². The third kappa shape index (κ3) is 2.36. The van der Waals surface area contributed by atoms with Gasteiger partial charge in [-0.2, -0.15) is 5.10 Å². The van der Waals surface area contributed by atoms with Gasteiger partial charge in [-0.25, -0.2) is 9.67 Å². The van der Waals surface area contributed by atoms with Crippen molar-refractivity contribution >= 4 is 23.3 Å². The van der Waals surface area contributed by atoms with Gasteiger partial charge in [0.15, 0.2) is 0 Å². The molecule has 0 saturated carbocycles. The van der Waals surface area contributed by atoms with Crippen molar-refractivity contribution in [1.82, 2.24) is 19.7 Å². The zero-order valence-electron chi connectivity index (χ0n) is 11.5. The van der Waals surface area contributed by atoms with Crippen molar-refractivity contribution in [3.8, 4) is 0 Å². The molecular weight excluding hydrogens is 268 g/mol. The molecule has 0 atom stereocenters. The van der Waals surface area contributed by atoms with Crippen molar-refractivity contribution in [3.63, 3.8) is 0 Å². The van der Waals surface area contributed by atoms with Crippen LogP contribution in [0.15, 0.2) is 36.5 Å². The molecule has 1 aromatic carbocycles. The first kappa shape index (κ1) is 13.0. The summed E-state index contributed by atoms with van der Waals surface area (Å²) in [4.78, 5) is 7.84. The van der Waals surface area contributed by atoms with Crippen LogP contribution in [0.4, 0.5) is 0 Å². The lowest BCUT2D eigenvalue weighted by atomic mass is 10.1. The highest BCUT2D eigenvalue weighted by Gasteiger charge is 2.10. The van der Waals surface area contributed by atoms with Gasteiger partial charge >= 0.3 is 0 Å². The zero-order valence-corrected chi connectivity index (χ0v) is 12.3. The molecule has 0 amide bonds. The van der Waals surface area contributed by atoms with Crippen molar-refractivity contribution < 1.29 is 0 Å². The van der Waals surface area contributed by atoms with Crippen molar-refractivity contribution in [3.05, 3.63) is 52.6 Å². The molecule has 3 rings (SSSR count). The van der Waals surface area contributed by atoms with Crippen molar-refractivity contribution in [2.75, 3.05) is 0 Å². The Labute approximate surface area is 122 Å². The number of hydrogen-bond acceptors (Lipinski definition) is 3. The van der Waals surface area contributed by atoms with Gasteiger partial charge in [-0.3, -0.25) is 0 Å². The normalized spacial score (nSPS) is 11.3. The average molecular weight is 284 g/mol. The molecule has 0 radical (unpaired) electrons. The second kappa shape index (κ2) is 5.17. The fourth-order valence-corrected chi connectivity index (χ4v) is 2.51. The Balaban J connectivity index is 2.09. The molecule has 0 aliphatic heterocycles. The molecule has 0 fully saturated rings. The molecule has 2 heterocycles. The number of hydrogen-bond donors (Lipinski definition) is 1. The summed E-state index contributed by atoms with van der Waals surface area (Å²) in [6, 6.07) is 10.5. The molecule has 4 nitrogen and oxygen atoms in total. The Morgan fingerprint density at radius 1 is 1.25 bits per heavy atom. The minimum absolute atomic E-state index is 0.283.